The van der Waals surface area contributed by atoms with Crippen LogP contribution in [0.5, 0.6) is 5.88 Å². The second kappa shape index (κ2) is 6.43. The molecule has 0 aromatic carbocycles. The lowest BCUT2D eigenvalue weighted by atomic mass is 9.98. The van der Waals surface area contributed by atoms with Crippen LogP contribution in [0.15, 0.2) is 12.1 Å². The first-order chi connectivity index (χ1) is 10.0. The van der Waals surface area contributed by atoms with E-state index in [-0.39, 0.29) is 5.91 Å². The number of nitrogens with zero attached hydrogens (tertiary/aromatic N) is 1. The highest BCUT2D eigenvalue weighted by atomic mass is 16.5. The van der Waals surface area contributed by atoms with Gasteiger partial charge in [-0.15, -0.1) is 0 Å². The molecule has 21 heavy (non-hydrogen) atoms. The molecule has 1 amide bonds. The van der Waals surface area contributed by atoms with E-state index in [1.165, 1.54) is 0 Å². The molecule has 5 nitrogen and oxygen atoms in total. The summed E-state index contributed by atoms with van der Waals surface area (Å²) in [6, 6.07) is 3.55. The fraction of sp³-hybridized carbons (Fsp3) is 0.625. The van der Waals surface area contributed by atoms with Crippen molar-refractivity contribution in [2.75, 3.05) is 19.0 Å². The normalized spacial score (nSPS) is 17.1. The van der Waals surface area contributed by atoms with Crippen LogP contribution in [0.4, 0.5) is 5.69 Å². The molecule has 0 saturated heterocycles. The summed E-state index contributed by atoms with van der Waals surface area (Å²) in [7, 11) is 1.57. The van der Waals surface area contributed by atoms with Gasteiger partial charge in [0.2, 0.25) is 5.88 Å². The Labute approximate surface area is 126 Å². The zero-order valence-corrected chi connectivity index (χ0v) is 13.2. The lowest BCUT2D eigenvalue weighted by molar-refractivity contribution is -0.142. The minimum absolute atomic E-state index is 0.0893. The van der Waals surface area contributed by atoms with Crippen LogP contribution >= 0.6 is 0 Å². The molecule has 5 heteroatoms. The summed E-state index contributed by atoms with van der Waals surface area (Å²) in [4.78, 5) is 16.9. The van der Waals surface area contributed by atoms with Gasteiger partial charge in [-0.05, 0) is 45.1 Å². The van der Waals surface area contributed by atoms with Gasteiger partial charge in [-0.3, -0.25) is 4.79 Å². The van der Waals surface area contributed by atoms with Gasteiger partial charge in [-0.25, -0.2) is 4.98 Å². The van der Waals surface area contributed by atoms with E-state index < -0.39 is 5.60 Å². The smallest absolute Gasteiger partial charge is 0.256 e. The number of anilines is 1. The molecule has 2 rings (SSSR count). The zero-order chi connectivity index (χ0) is 15.5. The lowest BCUT2D eigenvalue weighted by Crippen LogP contribution is -2.45. The van der Waals surface area contributed by atoms with E-state index in [4.69, 9.17) is 9.47 Å². The highest BCUT2D eigenvalue weighted by Crippen LogP contribution is 2.42. The van der Waals surface area contributed by atoms with Crippen molar-refractivity contribution in [3.8, 4) is 5.88 Å². The van der Waals surface area contributed by atoms with E-state index in [0.29, 0.717) is 24.1 Å². The predicted molar refractivity (Wildman–Crippen MR) is 81.5 cm³/mol. The molecule has 1 aromatic rings. The molecule has 0 unspecified atom stereocenters. The van der Waals surface area contributed by atoms with Crippen LogP contribution in [0, 0.1) is 12.8 Å². The molecule has 1 heterocycles. The second-order valence-corrected chi connectivity index (χ2v) is 5.67. The van der Waals surface area contributed by atoms with Gasteiger partial charge in [0.15, 0.2) is 0 Å². The number of rotatable bonds is 7. The van der Waals surface area contributed by atoms with Gasteiger partial charge in [0, 0.05) is 12.7 Å². The SMILES string of the molecule is CCCO[C@@](C)(C(=O)Nc1ccc(OC)nc1C)C1CC1. The van der Waals surface area contributed by atoms with Crippen molar-refractivity contribution < 1.29 is 14.3 Å². The number of carbonyl (C=O) groups is 1. The molecule has 1 aromatic heterocycles. The maximum Gasteiger partial charge on any atom is 0.256 e. The quantitative estimate of drug-likeness (QED) is 0.839. The second-order valence-electron chi connectivity index (χ2n) is 5.67. The molecule has 1 aliphatic rings. The van der Waals surface area contributed by atoms with Gasteiger partial charge >= 0.3 is 0 Å². The van der Waals surface area contributed by atoms with E-state index in [1.54, 1.807) is 13.2 Å². The van der Waals surface area contributed by atoms with Crippen LogP contribution in [0.25, 0.3) is 0 Å². The number of hydrogen-bond acceptors (Lipinski definition) is 4. The van der Waals surface area contributed by atoms with Crippen molar-refractivity contribution in [2.24, 2.45) is 5.92 Å². The van der Waals surface area contributed by atoms with Gasteiger partial charge in [0.25, 0.3) is 5.91 Å². The van der Waals surface area contributed by atoms with Crippen LogP contribution < -0.4 is 10.1 Å². The first kappa shape index (κ1) is 15.8. The van der Waals surface area contributed by atoms with Crippen molar-refractivity contribution in [3.63, 3.8) is 0 Å². The minimum Gasteiger partial charge on any atom is -0.481 e. The van der Waals surface area contributed by atoms with Crippen LogP contribution in [0.3, 0.4) is 0 Å². The van der Waals surface area contributed by atoms with Crippen molar-refractivity contribution in [3.05, 3.63) is 17.8 Å². The van der Waals surface area contributed by atoms with Gasteiger partial charge in [-0.1, -0.05) is 6.92 Å². The molecule has 1 aliphatic carbocycles. The van der Waals surface area contributed by atoms with Crippen molar-refractivity contribution in [2.45, 2.75) is 45.6 Å². The Kier molecular flexibility index (Phi) is 4.83. The standard InChI is InChI=1S/C16H24N2O3/c1-5-10-21-16(3,12-6-7-12)15(19)18-13-8-9-14(20-4)17-11(13)2/h8-9,12H,5-7,10H2,1-4H3,(H,18,19)/t16-/m1/s1. The number of nitrogens with one attached hydrogen (secondary N) is 1. The number of hydrogen-bond donors (Lipinski definition) is 1. The Balaban J connectivity index is 2.11. The Morgan fingerprint density at radius 1 is 1.48 bits per heavy atom. The molecule has 0 aliphatic heterocycles. The Hall–Kier alpha value is -1.62. The number of methoxy groups -OCH3 is 1. The molecular weight excluding hydrogens is 268 g/mol. The number of carbonyl (C=O) groups excluding carboxylic acids is 1. The van der Waals surface area contributed by atoms with E-state index in [1.807, 2.05) is 26.8 Å². The van der Waals surface area contributed by atoms with Gasteiger partial charge in [0.05, 0.1) is 18.5 Å². The minimum atomic E-state index is -0.748. The van der Waals surface area contributed by atoms with Gasteiger partial charge in [0.1, 0.15) is 5.60 Å². The third kappa shape index (κ3) is 3.53. The highest BCUT2D eigenvalue weighted by Gasteiger charge is 2.48. The highest BCUT2D eigenvalue weighted by molar-refractivity contribution is 5.98. The summed E-state index contributed by atoms with van der Waals surface area (Å²) in [5.74, 6) is 0.766. The number of aryl methyl sites for hydroxylation is 1. The van der Waals surface area contributed by atoms with E-state index in [2.05, 4.69) is 10.3 Å². The Bertz CT molecular complexity index is 514. The largest absolute Gasteiger partial charge is 0.481 e. The summed E-state index contributed by atoms with van der Waals surface area (Å²) >= 11 is 0. The summed E-state index contributed by atoms with van der Waals surface area (Å²) in [6.07, 6.45) is 3.00. The third-order valence-corrected chi connectivity index (χ3v) is 3.93. The summed E-state index contributed by atoms with van der Waals surface area (Å²) in [6.45, 7) is 6.38. The maximum atomic E-state index is 12.6. The summed E-state index contributed by atoms with van der Waals surface area (Å²) in [5, 5.41) is 2.95. The molecule has 0 spiro atoms. The van der Waals surface area contributed by atoms with Crippen LogP contribution in [-0.4, -0.2) is 30.2 Å². The van der Waals surface area contributed by atoms with Crippen molar-refractivity contribution in [1.29, 1.82) is 0 Å². The molecule has 1 saturated carbocycles. The average molecular weight is 292 g/mol. The van der Waals surface area contributed by atoms with Crippen LogP contribution in [0.1, 0.15) is 38.8 Å². The fourth-order valence-corrected chi connectivity index (χ4v) is 2.35. The third-order valence-electron chi connectivity index (χ3n) is 3.93. The molecule has 0 radical (unpaired) electrons. The fourth-order valence-electron chi connectivity index (χ4n) is 2.35. The molecule has 0 bridgehead atoms. The number of pyridine rings is 1. The number of amides is 1. The average Bonchev–Trinajstić information content (AvgIpc) is 3.31. The monoisotopic (exact) mass is 292 g/mol. The summed E-state index contributed by atoms with van der Waals surface area (Å²) < 4.78 is 10.9. The van der Waals surface area contributed by atoms with Crippen molar-refractivity contribution in [1.82, 2.24) is 4.98 Å². The maximum absolute atomic E-state index is 12.6. The molecular formula is C16H24N2O3. The number of ether oxygens (including phenoxy) is 2. The summed E-state index contributed by atoms with van der Waals surface area (Å²) in [5.41, 5.74) is 0.687. The van der Waals surface area contributed by atoms with Gasteiger partial charge < -0.3 is 14.8 Å². The van der Waals surface area contributed by atoms with E-state index in [0.717, 1.165) is 25.0 Å². The molecule has 1 fully saturated rings. The van der Waals surface area contributed by atoms with Crippen LogP contribution in [0.2, 0.25) is 0 Å². The molecule has 1 atom stereocenters. The van der Waals surface area contributed by atoms with E-state index in [9.17, 15) is 4.79 Å². The molecule has 116 valence electrons. The van der Waals surface area contributed by atoms with Gasteiger partial charge in [-0.2, -0.15) is 0 Å². The van der Waals surface area contributed by atoms with Crippen molar-refractivity contribution >= 4 is 11.6 Å². The zero-order valence-electron chi connectivity index (χ0n) is 13.2. The topological polar surface area (TPSA) is 60.5 Å². The van der Waals surface area contributed by atoms with E-state index >= 15 is 0 Å². The first-order valence-electron chi connectivity index (χ1n) is 7.48. The Morgan fingerprint density at radius 2 is 2.19 bits per heavy atom. The number of aromatic nitrogens is 1. The first-order valence-corrected chi connectivity index (χ1v) is 7.48. The predicted octanol–water partition coefficient (Wildman–Crippen LogP) is 2.93. The Morgan fingerprint density at radius 3 is 2.71 bits per heavy atom. The molecule has 1 N–H and O–H groups in total. The van der Waals surface area contributed by atoms with Crippen LogP contribution in [-0.2, 0) is 9.53 Å². The lowest BCUT2D eigenvalue weighted by Gasteiger charge is -2.29.